The van der Waals surface area contributed by atoms with Crippen LogP contribution in [-0.4, -0.2) is 35.8 Å². The summed E-state index contributed by atoms with van der Waals surface area (Å²) in [5.74, 6) is -0.387. The molecule has 0 radical (unpaired) electrons. The summed E-state index contributed by atoms with van der Waals surface area (Å²) in [6.45, 7) is 6.79. The van der Waals surface area contributed by atoms with Crippen molar-refractivity contribution in [1.29, 1.82) is 0 Å². The number of esters is 1. The van der Waals surface area contributed by atoms with Crippen LogP contribution in [0.1, 0.15) is 34.8 Å². The van der Waals surface area contributed by atoms with Gasteiger partial charge in [0.1, 0.15) is 5.56 Å². The Balaban J connectivity index is 2.58. The van der Waals surface area contributed by atoms with Crippen molar-refractivity contribution in [2.75, 3.05) is 25.1 Å². The molecule has 0 saturated heterocycles. The smallest absolute Gasteiger partial charge is 0.341 e. The van der Waals surface area contributed by atoms with Crippen LogP contribution in [0.5, 0.6) is 0 Å². The number of nitrogens with one attached hydrogen (secondary N) is 1. The third-order valence-electron chi connectivity index (χ3n) is 3.44. The van der Waals surface area contributed by atoms with Crippen LogP contribution >= 0.6 is 0 Å². The summed E-state index contributed by atoms with van der Waals surface area (Å²) in [6, 6.07) is 4.08. The number of aromatic nitrogens is 1. The first-order chi connectivity index (χ1) is 10.6. The fraction of sp³-hybridized carbons (Fsp3) is 0.412. The summed E-state index contributed by atoms with van der Waals surface area (Å²) >= 11 is 0. The van der Waals surface area contributed by atoms with Crippen LogP contribution in [0.2, 0.25) is 0 Å². The van der Waals surface area contributed by atoms with Crippen LogP contribution in [-0.2, 0) is 4.74 Å². The van der Waals surface area contributed by atoms with Gasteiger partial charge in [0.25, 0.3) is 0 Å². The van der Waals surface area contributed by atoms with Crippen molar-refractivity contribution in [1.82, 2.24) is 4.98 Å². The molecule has 5 nitrogen and oxygen atoms in total. The molecule has 1 aromatic carbocycles. The predicted molar refractivity (Wildman–Crippen MR) is 87.4 cm³/mol. The van der Waals surface area contributed by atoms with Gasteiger partial charge in [-0.2, -0.15) is 0 Å². The normalized spacial score (nSPS) is 10.7. The minimum Gasteiger partial charge on any atom is -0.462 e. The van der Waals surface area contributed by atoms with Gasteiger partial charge in [-0.25, -0.2) is 4.79 Å². The lowest BCUT2D eigenvalue weighted by Gasteiger charge is -2.15. The Morgan fingerprint density at radius 2 is 2.14 bits per heavy atom. The number of benzene rings is 1. The Morgan fingerprint density at radius 3 is 2.82 bits per heavy atom. The second kappa shape index (κ2) is 7.22. The second-order valence-electron chi connectivity index (χ2n) is 5.25. The summed E-state index contributed by atoms with van der Waals surface area (Å²) in [7, 11) is 0. The average Bonchev–Trinajstić information content (AvgIpc) is 2.47. The standard InChI is InChI=1S/C17H22N2O3/c1-4-22-17(21)14-10-19-15-12(3)8-11(2)9-13(15)16(14)18-6-5-7-20/h8-10,20H,4-7H2,1-3H3,(H,18,19). The molecular weight excluding hydrogens is 280 g/mol. The summed E-state index contributed by atoms with van der Waals surface area (Å²) in [5.41, 5.74) is 4.19. The summed E-state index contributed by atoms with van der Waals surface area (Å²) in [6.07, 6.45) is 2.17. The van der Waals surface area contributed by atoms with Crippen LogP contribution in [0.3, 0.4) is 0 Å². The largest absolute Gasteiger partial charge is 0.462 e. The Labute approximate surface area is 130 Å². The van der Waals surface area contributed by atoms with E-state index in [1.54, 1.807) is 13.1 Å². The van der Waals surface area contributed by atoms with E-state index < -0.39 is 0 Å². The van der Waals surface area contributed by atoms with Crippen molar-refractivity contribution < 1.29 is 14.6 Å². The number of anilines is 1. The lowest BCUT2D eigenvalue weighted by molar-refractivity contribution is 0.0527. The first-order valence-corrected chi connectivity index (χ1v) is 7.50. The van der Waals surface area contributed by atoms with Gasteiger partial charge in [0.15, 0.2) is 0 Å². The van der Waals surface area contributed by atoms with Crippen molar-refractivity contribution in [3.05, 3.63) is 35.0 Å². The number of pyridine rings is 1. The fourth-order valence-corrected chi connectivity index (χ4v) is 2.51. The number of carbonyl (C=O) groups excluding carboxylic acids is 1. The molecule has 2 aromatic rings. The van der Waals surface area contributed by atoms with Crippen molar-refractivity contribution in [2.24, 2.45) is 0 Å². The molecule has 0 atom stereocenters. The van der Waals surface area contributed by atoms with E-state index in [0.717, 1.165) is 27.7 Å². The molecular formula is C17H22N2O3. The zero-order chi connectivity index (χ0) is 16.1. The molecule has 118 valence electrons. The van der Waals surface area contributed by atoms with Crippen LogP contribution in [0.25, 0.3) is 10.9 Å². The number of ether oxygens (including phenoxy) is 1. The monoisotopic (exact) mass is 302 g/mol. The van der Waals surface area contributed by atoms with Gasteiger partial charge in [-0.15, -0.1) is 0 Å². The minimum atomic E-state index is -0.387. The third kappa shape index (κ3) is 3.36. The van der Waals surface area contributed by atoms with E-state index >= 15 is 0 Å². The number of fused-ring (bicyclic) bond motifs is 1. The molecule has 0 aliphatic carbocycles. The predicted octanol–water partition coefficient (Wildman–Crippen LogP) is 2.82. The topological polar surface area (TPSA) is 71.5 Å². The molecule has 0 fully saturated rings. The number of hydrogen-bond acceptors (Lipinski definition) is 5. The highest BCUT2D eigenvalue weighted by molar-refractivity contribution is 6.05. The highest BCUT2D eigenvalue weighted by atomic mass is 16.5. The van der Waals surface area contributed by atoms with E-state index in [1.165, 1.54) is 0 Å². The van der Waals surface area contributed by atoms with Crippen LogP contribution < -0.4 is 5.32 Å². The Hall–Kier alpha value is -2.14. The highest BCUT2D eigenvalue weighted by Gasteiger charge is 2.17. The van der Waals surface area contributed by atoms with E-state index in [2.05, 4.69) is 16.4 Å². The Bertz CT molecular complexity index is 683. The summed E-state index contributed by atoms with van der Waals surface area (Å²) in [5, 5.41) is 13.1. The molecule has 22 heavy (non-hydrogen) atoms. The number of aliphatic hydroxyl groups is 1. The van der Waals surface area contributed by atoms with Crippen molar-refractivity contribution in [2.45, 2.75) is 27.2 Å². The summed E-state index contributed by atoms with van der Waals surface area (Å²) < 4.78 is 5.12. The van der Waals surface area contributed by atoms with E-state index in [9.17, 15) is 4.79 Å². The molecule has 2 N–H and O–H groups in total. The number of hydrogen-bond donors (Lipinski definition) is 2. The molecule has 0 aliphatic rings. The van der Waals surface area contributed by atoms with E-state index in [0.29, 0.717) is 25.1 Å². The van der Waals surface area contributed by atoms with Gasteiger partial charge in [-0.05, 0) is 38.8 Å². The van der Waals surface area contributed by atoms with Crippen LogP contribution in [0.15, 0.2) is 18.3 Å². The molecule has 2 rings (SSSR count). The molecule has 5 heteroatoms. The highest BCUT2D eigenvalue weighted by Crippen LogP contribution is 2.29. The van der Waals surface area contributed by atoms with E-state index in [-0.39, 0.29) is 12.6 Å². The SMILES string of the molecule is CCOC(=O)c1cnc2c(C)cc(C)cc2c1NCCCO. The van der Waals surface area contributed by atoms with Gasteiger partial charge in [-0.3, -0.25) is 4.98 Å². The van der Waals surface area contributed by atoms with E-state index in [1.807, 2.05) is 19.9 Å². The number of aliphatic hydroxyl groups excluding tert-OH is 1. The molecule has 0 unspecified atom stereocenters. The van der Waals surface area contributed by atoms with Crippen LogP contribution in [0, 0.1) is 13.8 Å². The molecule has 1 heterocycles. The van der Waals surface area contributed by atoms with Crippen LogP contribution in [0.4, 0.5) is 5.69 Å². The number of aryl methyl sites for hydroxylation is 2. The molecule has 0 amide bonds. The maximum absolute atomic E-state index is 12.2. The fourth-order valence-electron chi connectivity index (χ4n) is 2.51. The van der Waals surface area contributed by atoms with Gasteiger partial charge >= 0.3 is 5.97 Å². The quantitative estimate of drug-likeness (QED) is 0.634. The number of rotatable bonds is 6. The second-order valence-corrected chi connectivity index (χ2v) is 5.25. The van der Waals surface area contributed by atoms with Crippen molar-refractivity contribution in [3.63, 3.8) is 0 Å². The third-order valence-corrected chi connectivity index (χ3v) is 3.44. The maximum Gasteiger partial charge on any atom is 0.341 e. The van der Waals surface area contributed by atoms with Gasteiger partial charge < -0.3 is 15.2 Å². The Morgan fingerprint density at radius 1 is 1.36 bits per heavy atom. The zero-order valence-corrected chi connectivity index (χ0v) is 13.3. The molecule has 0 bridgehead atoms. The van der Waals surface area contributed by atoms with Gasteiger partial charge in [0, 0.05) is 24.7 Å². The Kier molecular flexibility index (Phi) is 5.33. The molecule has 0 saturated carbocycles. The average molecular weight is 302 g/mol. The number of nitrogens with zero attached hydrogens (tertiary/aromatic N) is 1. The lowest BCUT2D eigenvalue weighted by atomic mass is 10.0. The van der Waals surface area contributed by atoms with Gasteiger partial charge in [-0.1, -0.05) is 11.6 Å². The molecule has 0 aliphatic heterocycles. The van der Waals surface area contributed by atoms with Gasteiger partial charge in [0.05, 0.1) is 17.8 Å². The first kappa shape index (κ1) is 16.2. The lowest BCUT2D eigenvalue weighted by Crippen LogP contribution is -2.12. The van der Waals surface area contributed by atoms with Gasteiger partial charge in [0.2, 0.25) is 0 Å². The molecule has 0 spiro atoms. The number of carbonyl (C=O) groups is 1. The molecule has 1 aromatic heterocycles. The maximum atomic E-state index is 12.2. The zero-order valence-electron chi connectivity index (χ0n) is 13.3. The van der Waals surface area contributed by atoms with E-state index in [4.69, 9.17) is 9.84 Å². The minimum absolute atomic E-state index is 0.100. The first-order valence-electron chi connectivity index (χ1n) is 7.50. The van der Waals surface area contributed by atoms with Crippen molar-refractivity contribution in [3.8, 4) is 0 Å². The summed E-state index contributed by atoms with van der Waals surface area (Å²) in [4.78, 5) is 16.6. The van der Waals surface area contributed by atoms with Crippen molar-refractivity contribution >= 4 is 22.6 Å².